The lowest BCUT2D eigenvalue weighted by Crippen LogP contribution is -2.25. The lowest BCUT2D eigenvalue weighted by atomic mass is 9.94. The Labute approximate surface area is 267 Å². The monoisotopic (exact) mass is 616 g/mol. The summed E-state index contributed by atoms with van der Waals surface area (Å²) in [5.74, 6) is 3.49. The van der Waals surface area contributed by atoms with Gasteiger partial charge in [-0.2, -0.15) is 0 Å². The van der Waals surface area contributed by atoms with Crippen LogP contribution in [0.3, 0.4) is 0 Å². The van der Waals surface area contributed by atoms with Crippen molar-refractivity contribution < 1.29 is 14.3 Å². The molecule has 2 aromatic heterocycles. The third-order valence-electron chi connectivity index (χ3n) is 8.75. The highest BCUT2D eigenvalue weighted by Gasteiger charge is 2.27. The van der Waals surface area contributed by atoms with Crippen LogP contribution in [0.4, 0.5) is 11.4 Å². The smallest absolute Gasteiger partial charge is 0.221 e. The third-order valence-corrected chi connectivity index (χ3v) is 8.75. The number of carbonyl (C=O) groups is 1. The predicted molar refractivity (Wildman–Crippen MR) is 183 cm³/mol. The van der Waals surface area contributed by atoms with Gasteiger partial charge in [0, 0.05) is 68.6 Å². The summed E-state index contributed by atoms with van der Waals surface area (Å²) in [7, 11) is 0. The molecule has 2 aromatic carbocycles. The zero-order valence-electron chi connectivity index (χ0n) is 28.3. The minimum atomic E-state index is -0.0629. The highest BCUT2D eigenvalue weighted by molar-refractivity contribution is 5.91. The second-order valence-corrected chi connectivity index (χ2v) is 14.8. The molecule has 2 aliphatic heterocycles. The van der Waals surface area contributed by atoms with Crippen molar-refractivity contribution in [3.63, 3.8) is 0 Å². The normalized spacial score (nSPS) is 17.0. The van der Waals surface area contributed by atoms with Gasteiger partial charge in [-0.3, -0.25) is 4.79 Å². The minimum absolute atomic E-state index is 0.0267. The summed E-state index contributed by atoms with van der Waals surface area (Å²) < 4.78 is 15.7. The van der Waals surface area contributed by atoms with Crippen molar-refractivity contribution in [2.45, 2.75) is 98.1 Å². The van der Waals surface area contributed by atoms with Crippen LogP contribution in [0, 0.1) is 11.8 Å². The van der Waals surface area contributed by atoms with Crippen molar-refractivity contribution in [2.24, 2.45) is 11.8 Å². The van der Waals surface area contributed by atoms with E-state index >= 15 is 0 Å². The Bertz CT molecular complexity index is 1610. The number of aromatic nitrogens is 4. The molecule has 0 aliphatic carbocycles. The molecule has 2 fully saturated rings. The first-order valence-electron chi connectivity index (χ1n) is 16.5. The Morgan fingerprint density at radius 3 is 1.67 bits per heavy atom. The van der Waals surface area contributed by atoms with Gasteiger partial charge in [-0.1, -0.05) is 41.5 Å². The van der Waals surface area contributed by atoms with Crippen LogP contribution in [0.5, 0.6) is 0 Å². The number of ether oxygens (including phenoxy) is 2. The lowest BCUT2D eigenvalue weighted by molar-refractivity contribution is -0.114. The number of carbonyl (C=O) groups excluding carboxylic acids is 1. The number of nitrogens with two attached hydrogens (primary N) is 1. The third kappa shape index (κ3) is 8.05. The van der Waals surface area contributed by atoms with E-state index in [9.17, 15) is 4.79 Å². The fraction of sp³-hybridized carbons (Fsp3) is 0.583. The average molecular weight is 617 g/mol. The number of nitrogens with one attached hydrogen (secondary N) is 1. The Morgan fingerprint density at radius 1 is 0.778 bits per heavy atom. The Balaban J connectivity index is 0.000000179. The summed E-state index contributed by atoms with van der Waals surface area (Å²) >= 11 is 0. The van der Waals surface area contributed by atoms with Gasteiger partial charge in [0.2, 0.25) is 5.91 Å². The number of anilines is 2. The molecule has 0 bridgehead atoms. The highest BCUT2D eigenvalue weighted by atomic mass is 16.5. The number of nitrogens with zero attached hydrogens (tertiary/aromatic N) is 4. The molecule has 3 N–H and O–H groups in total. The number of nitrogen functional groups attached to an aromatic ring is 1. The Kier molecular flexibility index (Phi) is 9.89. The first-order valence-corrected chi connectivity index (χ1v) is 16.5. The van der Waals surface area contributed by atoms with Crippen LogP contribution in [0.1, 0.15) is 85.8 Å². The van der Waals surface area contributed by atoms with Gasteiger partial charge in [0.1, 0.15) is 11.6 Å². The molecule has 45 heavy (non-hydrogen) atoms. The topological polar surface area (TPSA) is 109 Å². The molecule has 2 saturated heterocycles. The van der Waals surface area contributed by atoms with E-state index in [0.29, 0.717) is 11.8 Å². The van der Waals surface area contributed by atoms with E-state index in [4.69, 9.17) is 25.2 Å². The van der Waals surface area contributed by atoms with Crippen molar-refractivity contribution in [3.05, 3.63) is 48.0 Å². The maximum atomic E-state index is 11.3. The summed E-state index contributed by atoms with van der Waals surface area (Å²) in [5, 5.41) is 2.84. The Morgan fingerprint density at radius 2 is 1.22 bits per heavy atom. The highest BCUT2D eigenvalue weighted by Crippen LogP contribution is 2.32. The molecule has 0 unspecified atom stereocenters. The van der Waals surface area contributed by atoms with Gasteiger partial charge in [-0.15, -0.1) is 0 Å². The van der Waals surface area contributed by atoms with Gasteiger partial charge in [0.15, 0.2) is 0 Å². The van der Waals surface area contributed by atoms with Crippen LogP contribution in [-0.4, -0.2) is 51.4 Å². The largest absolute Gasteiger partial charge is 0.399 e. The predicted octanol–water partition coefficient (Wildman–Crippen LogP) is 7.06. The molecule has 0 saturated carbocycles. The fourth-order valence-corrected chi connectivity index (χ4v) is 6.45. The summed E-state index contributed by atoms with van der Waals surface area (Å²) in [4.78, 5) is 21.1. The van der Waals surface area contributed by atoms with Crippen molar-refractivity contribution >= 4 is 39.3 Å². The molecule has 0 atom stereocenters. The number of benzene rings is 2. The number of rotatable bonds is 5. The summed E-state index contributed by atoms with van der Waals surface area (Å²) in [6.45, 7) is 20.3. The summed E-state index contributed by atoms with van der Waals surface area (Å²) in [5.41, 5.74) is 11.8. The fourth-order valence-electron chi connectivity index (χ4n) is 6.45. The molecule has 9 heteroatoms. The molecular formula is C36H52N6O3. The first kappa shape index (κ1) is 32.9. The lowest BCUT2D eigenvalue weighted by Gasteiger charge is -2.26. The van der Waals surface area contributed by atoms with Crippen LogP contribution >= 0.6 is 0 Å². The molecular weight excluding hydrogens is 564 g/mol. The molecule has 0 spiro atoms. The van der Waals surface area contributed by atoms with Crippen LogP contribution in [0.2, 0.25) is 0 Å². The van der Waals surface area contributed by atoms with Gasteiger partial charge in [0.25, 0.3) is 0 Å². The second-order valence-electron chi connectivity index (χ2n) is 14.8. The van der Waals surface area contributed by atoms with Gasteiger partial charge >= 0.3 is 0 Å². The number of amides is 1. The second kappa shape index (κ2) is 13.5. The first-order chi connectivity index (χ1) is 21.3. The maximum absolute atomic E-state index is 11.3. The van der Waals surface area contributed by atoms with Crippen molar-refractivity contribution in [1.82, 2.24) is 19.1 Å². The van der Waals surface area contributed by atoms with E-state index in [1.165, 1.54) is 12.4 Å². The van der Waals surface area contributed by atoms with Crippen molar-refractivity contribution in [3.8, 4) is 0 Å². The SMILES string of the molecule is CC(=O)Nc1ccc2c(c1)nc(C(C)(C)C)n2CC1CCOCC1.CC(C)(C)c1nc2cc(N)ccc2n1CC1CCOCC1. The van der Waals surface area contributed by atoms with E-state index < -0.39 is 0 Å². The number of hydrogen-bond acceptors (Lipinski definition) is 6. The quantitative estimate of drug-likeness (QED) is 0.232. The van der Waals surface area contributed by atoms with E-state index in [2.05, 4.69) is 68.1 Å². The van der Waals surface area contributed by atoms with Crippen LogP contribution < -0.4 is 11.1 Å². The minimum Gasteiger partial charge on any atom is -0.399 e. The Hall–Kier alpha value is -3.43. The zero-order valence-corrected chi connectivity index (χ0v) is 28.3. The van der Waals surface area contributed by atoms with Crippen LogP contribution in [0.15, 0.2) is 36.4 Å². The average Bonchev–Trinajstić information content (AvgIpc) is 3.52. The van der Waals surface area contributed by atoms with Crippen molar-refractivity contribution in [2.75, 3.05) is 37.5 Å². The zero-order chi connectivity index (χ0) is 32.4. The van der Waals surface area contributed by atoms with E-state index in [1.807, 2.05) is 24.3 Å². The molecule has 1 amide bonds. The molecule has 4 aromatic rings. The van der Waals surface area contributed by atoms with Crippen LogP contribution in [-0.2, 0) is 38.2 Å². The molecule has 2 aliphatic rings. The van der Waals surface area contributed by atoms with Crippen molar-refractivity contribution in [1.29, 1.82) is 0 Å². The van der Waals surface area contributed by atoms with Gasteiger partial charge in [-0.25, -0.2) is 9.97 Å². The standard InChI is InChI=1S/C19H27N3O2.C17H25N3O/c1-13(23)20-15-5-6-17-16(11-15)21-18(19(2,3)4)22(17)12-14-7-9-24-10-8-14;1-17(2,3)16-19-14-10-13(18)4-5-15(14)20(16)11-12-6-8-21-9-7-12/h5-6,11,14H,7-10,12H2,1-4H3,(H,20,23);4-5,10,12H,6-9,11,18H2,1-3H3. The van der Waals surface area contributed by atoms with Gasteiger partial charge in [-0.05, 0) is 73.9 Å². The molecule has 244 valence electrons. The maximum Gasteiger partial charge on any atom is 0.221 e. The molecule has 4 heterocycles. The summed E-state index contributed by atoms with van der Waals surface area (Å²) in [6.07, 6.45) is 4.48. The van der Waals surface area contributed by atoms with E-state index in [-0.39, 0.29) is 16.7 Å². The summed E-state index contributed by atoms with van der Waals surface area (Å²) in [6, 6.07) is 12.0. The molecule has 9 nitrogen and oxygen atoms in total. The number of imidazole rings is 2. The van der Waals surface area contributed by atoms with Crippen LogP contribution in [0.25, 0.3) is 22.1 Å². The van der Waals surface area contributed by atoms with E-state index in [1.54, 1.807) is 0 Å². The van der Waals surface area contributed by atoms with E-state index in [0.717, 1.165) is 105 Å². The number of hydrogen-bond donors (Lipinski definition) is 2. The van der Waals surface area contributed by atoms with Gasteiger partial charge in [0.05, 0.1) is 22.1 Å². The number of fused-ring (bicyclic) bond motifs is 2. The van der Waals surface area contributed by atoms with Gasteiger partial charge < -0.3 is 29.7 Å². The molecule has 6 rings (SSSR count). The molecule has 0 radical (unpaired) electrons.